The molecular weight excluding hydrogens is 422 g/mol. The van der Waals surface area contributed by atoms with E-state index in [0.29, 0.717) is 6.61 Å². The minimum atomic E-state index is -0.998. The van der Waals surface area contributed by atoms with E-state index < -0.39 is 35.9 Å². The number of azide groups is 1. The molecule has 8 nitrogen and oxygen atoms in total. The van der Waals surface area contributed by atoms with E-state index in [2.05, 4.69) is 10.0 Å². The minimum absolute atomic E-state index is 0.151. The summed E-state index contributed by atoms with van der Waals surface area (Å²) in [6, 6.07) is 18.3. The van der Waals surface area contributed by atoms with Crippen molar-refractivity contribution < 1.29 is 23.7 Å². The number of hydrogen-bond acceptors (Lipinski definition) is 6. The van der Waals surface area contributed by atoms with Crippen molar-refractivity contribution in [3.8, 4) is 0 Å². The lowest BCUT2D eigenvalue weighted by Gasteiger charge is -2.42. The highest BCUT2D eigenvalue weighted by atomic mass is 35.5. The van der Waals surface area contributed by atoms with E-state index in [4.69, 9.17) is 36.1 Å². The van der Waals surface area contributed by atoms with E-state index in [1.54, 1.807) is 0 Å². The van der Waals surface area contributed by atoms with Gasteiger partial charge in [-0.2, -0.15) is 0 Å². The van der Waals surface area contributed by atoms with E-state index >= 15 is 0 Å². The number of rotatable bonds is 9. The van der Waals surface area contributed by atoms with Crippen LogP contribution in [0.2, 0.25) is 0 Å². The fourth-order valence-corrected chi connectivity index (χ4v) is 3.68. The molecule has 1 aliphatic rings. The summed E-state index contributed by atoms with van der Waals surface area (Å²) in [6.45, 7) is 2.05. The Hall–Kier alpha value is -2.61. The van der Waals surface area contributed by atoms with Gasteiger partial charge in [0.25, 0.3) is 0 Å². The van der Waals surface area contributed by atoms with Crippen molar-refractivity contribution in [1.82, 2.24) is 0 Å². The molecule has 1 aliphatic heterocycles. The number of esters is 1. The Labute approximate surface area is 185 Å². The summed E-state index contributed by atoms with van der Waals surface area (Å²) in [5.41, 5.74) is 9.89. The first-order valence-corrected chi connectivity index (χ1v) is 10.3. The standard InChI is InChI=1S/C22H24ClN3O5/c1-15(27)30-21-19(25-26-24)22(23)31-18(14-28-12-16-8-4-2-5-9-16)20(21)29-13-17-10-6-3-7-11-17/h2-11,18-22H,12-14H2,1H3/t18-,19+,20-,21-,22+/m1/s1. The van der Waals surface area contributed by atoms with Gasteiger partial charge in [0.2, 0.25) is 0 Å². The summed E-state index contributed by atoms with van der Waals surface area (Å²) < 4.78 is 23.3. The predicted octanol–water partition coefficient (Wildman–Crippen LogP) is 4.36. The maximum Gasteiger partial charge on any atom is 0.303 e. The summed E-state index contributed by atoms with van der Waals surface area (Å²) in [5, 5.41) is 3.69. The van der Waals surface area contributed by atoms with Crippen molar-refractivity contribution in [3.63, 3.8) is 0 Å². The van der Waals surface area contributed by atoms with Crippen LogP contribution in [0.25, 0.3) is 10.4 Å². The van der Waals surface area contributed by atoms with Gasteiger partial charge in [-0.3, -0.25) is 4.79 Å². The lowest BCUT2D eigenvalue weighted by Crippen LogP contribution is -2.58. The Bertz CT molecular complexity index is 879. The third-order valence-corrected chi connectivity index (χ3v) is 5.13. The first kappa shape index (κ1) is 23.1. The molecule has 1 heterocycles. The number of benzene rings is 2. The van der Waals surface area contributed by atoms with Crippen LogP contribution >= 0.6 is 11.6 Å². The molecule has 1 fully saturated rings. The molecule has 1 saturated heterocycles. The summed E-state index contributed by atoms with van der Waals surface area (Å²) in [7, 11) is 0. The van der Waals surface area contributed by atoms with Crippen LogP contribution in [0.15, 0.2) is 65.8 Å². The van der Waals surface area contributed by atoms with E-state index in [1.165, 1.54) is 6.92 Å². The molecule has 9 heteroatoms. The molecule has 0 radical (unpaired) electrons. The van der Waals surface area contributed by atoms with Gasteiger partial charge in [-0.05, 0) is 16.7 Å². The van der Waals surface area contributed by atoms with Crippen LogP contribution in [0, 0.1) is 0 Å². The second kappa shape index (κ2) is 11.7. The zero-order valence-corrected chi connectivity index (χ0v) is 17.8. The Kier molecular flexibility index (Phi) is 8.70. The SMILES string of the molecule is CC(=O)O[C@@H]1[C@H](N=[N+]=[N-])[C@@H](Cl)O[C@H](COCc2ccccc2)[C@H]1OCc1ccccc1. The summed E-state index contributed by atoms with van der Waals surface area (Å²) in [4.78, 5) is 14.6. The Morgan fingerprint density at radius 1 is 1.06 bits per heavy atom. The zero-order chi connectivity index (χ0) is 22.1. The van der Waals surface area contributed by atoms with Gasteiger partial charge in [-0.1, -0.05) is 77.4 Å². The average molecular weight is 446 g/mol. The van der Waals surface area contributed by atoms with Crippen molar-refractivity contribution in [2.75, 3.05) is 6.61 Å². The highest BCUT2D eigenvalue weighted by Gasteiger charge is 2.48. The number of ether oxygens (including phenoxy) is 4. The van der Waals surface area contributed by atoms with Gasteiger partial charge < -0.3 is 18.9 Å². The van der Waals surface area contributed by atoms with E-state index in [9.17, 15) is 4.79 Å². The van der Waals surface area contributed by atoms with Crippen molar-refractivity contribution in [2.24, 2.45) is 5.11 Å². The van der Waals surface area contributed by atoms with Crippen molar-refractivity contribution in [3.05, 3.63) is 82.2 Å². The molecule has 0 N–H and O–H groups in total. The molecule has 3 rings (SSSR count). The molecule has 0 bridgehead atoms. The molecule has 2 aromatic carbocycles. The number of halogens is 1. The van der Waals surface area contributed by atoms with E-state index in [1.807, 2.05) is 60.7 Å². The molecule has 0 aromatic heterocycles. The topological polar surface area (TPSA) is 103 Å². The second-order valence-corrected chi connectivity index (χ2v) is 7.49. The summed E-state index contributed by atoms with van der Waals surface area (Å²) in [5.74, 6) is -0.536. The molecule has 0 amide bonds. The maximum atomic E-state index is 11.8. The lowest BCUT2D eigenvalue weighted by atomic mass is 9.98. The Morgan fingerprint density at radius 2 is 1.68 bits per heavy atom. The van der Waals surface area contributed by atoms with Crippen LogP contribution in [0.4, 0.5) is 0 Å². The van der Waals surface area contributed by atoms with Gasteiger partial charge in [0, 0.05) is 11.8 Å². The summed E-state index contributed by atoms with van der Waals surface area (Å²) >= 11 is 6.32. The number of carbonyl (C=O) groups excluding carboxylic acids is 1. The third kappa shape index (κ3) is 6.69. The van der Waals surface area contributed by atoms with E-state index in [-0.39, 0.29) is 13.2 Å². The van der Waals surface area contributed by atoms with Crippen LogP contribution in [0.3, 0.4) is 0 Å². The number of alkyl halides is 1. The smallest absolute Gasteiger partial charge is 0.303 e. The molecule has 31 heavy (non-hydrogen) atoms. The number of hydrogen-bond donors (Lipinski definition) is 0. The third-order valence-electron chi connectivity index (χ3n) is 4.77. The molecule has 0 saturated carbocycles. The zero-order valence-electron chi connectivity index (χ0n) is 17.0. The van der Waals surface area contributed by atoms with Gasteiger partial charge in [0.05, 0.1) is 19.8 Å². The largest absolute Gasteiger partial charge is 0.459 e. The van der Waals surface area contributed by atoms with Gasteiger partial charge in [-0.15, -0.1) is 0 Å². The summed E-state index contributed by atoms with van der Waals surface area (Å²) in [6.07, 6.45) is -2.30. The highest BCUT2D eigenvalue weighted by molar-refractivity contribution is 6.20. The molecule has 164 valence electrons. The van der Waals surface area contributed by atoms with Crippen molar-refractivity contribution in [2.45, 2.75) is 50.1 Å². The van der Waals surface area contributed by atoms with Gasteiger partial charge in [0.15, 0.2) is 0 Å². The Morgan fingerprint density at radius 3 is 2.26 bits per heavy atom. The van der Waals surface area contributed by atoms with Crippen molar-refractivity contribution >= 4 is 17.6 Å². The normalized spacial score (nSPS) is 25.4. The fourth-order valence-electron chi connectivity index (χ4n) is 3.36. The molecule has 5 atom stereocenters. The lowest BCUT2D eigenvalue weighted by molar-refractivity contribution is -0.211. The van der Waals surface area contributed by atoms with Gasteiger partial charge >= 0.3 is 5.97 Å². The van der Waals surface area contributed by atoms with Crippen LogP contribution in [-0.4, -0.2) is 42.5 Å². The van der Waals surface area contributed by atoms with Gasteiger partial charge in [-0.25, -0.2) is 0 Å². The van der Waals surface area contributed by atoms with Crippen LogP contribution in [0.5, 0.6) is 0 Å². The first-order chi connectivity index (χ1) is 15.1. The predicted molar refractivity (Wildman–Crippen MR) is 114 cm³/mol. The second-order valence-electron chi connectivity index (χ2n) is 7.06. The molecule has 0 spiro atoms. The first-order valence-electron chi connectivity index (χ1n) is 9.86. The van der Waals surface area contributed by atoms with Crippen LogP contribution < -0.4 is 0 Å². The number of carbonyl (C=O) groups is 1. The fraction of sp³-hybridized carbons (Fsp3) is 0.409. The molecule has 0 unspecified atom stereocenters. The van der Waals surface area contributed by atoms with Crippen molar-refractivity contribution in [1.29, 1.82) is 0 Å². The average Bonchev–Trinajstić information content (AvgIpc) is 2.77. The number of nitrogens with zero attached hydrogens (tertiary/aromatic N) is 3. The Balaban J connectivity index is 1.77. The minimum Gasteiger partial charge on any atom is -0.459 e. The highest BCUT2D eigenvalue weighted by Crippen LogP contribution is 2.31. The molecule has 2 aromatic rings. The maximum absolute atomic E-state index is 11.8. The van der Waals surface area contributed by atoms with Crippen LogP contribution in [-0.2, 0) is 37.0 Å². The monoisotopic (exact) mass is 445 g/mol. The van der Waals surface area contributed by atoms with E-state index in [0.717, 1.165) is 11.1 Å². The quantitative estimate of drug-likeness (QED) is 0.187. The molecule has 0 aliphatic carbocycles. The van der Waals surface area contributed by atoms with Gasteiger partial charge in [0.1, 0.15) is 29.9 Å². The molecular formula is C22H24ClN3O5. The van der Waals surface area contributed by atoms with Crippen LogP contribution in [0.1, 0.15) is 18.1 Å².